The molecule has 3 N–H and O–H groups in total. The highest BCUT2D eigenvalue weighted by molar-refractivity contribution is 7.16. The number of nitrogens with zero attached hydrogens (tertiary/aromatic N) is 2. The summed E-state index contributed by atoms with van der Waals surface area (Å²) in [5.74, 6) is -0.930. The van der Waals surface area contributed by atoms with Crippen LogP contribution in [0.3, 0.4) is 0 Å². The van der Waals surface area contributed by atoms with Gasteiger partial charge < -0.3 is 11.1 Å². The third kappa shape index (κ3) is 3.50. The van der Waals surface area contributed by atoms with Crippen molar-refractivity contribution >= 4 is 28.8 Å². The minimum atomic E-state index is -0.471. The molecule has 5 nitrogen and oxygen atoms in total. The van der Waals surface area contributed by atoms with Gasteiger partial charge in [0, 0.05) is 12.6 Å². The van der Waals surface area contributed by atoms with E-state index in [-0.39, 0.29) is 17.9 Å². The standard InChI is InChI=1S/C12H12ClFN4OS/c13-11-10(18-9(20-11)3-4-15)12(19)17-6-8-7(14)2-1-5-16-8/h1-2,5H,3-4,6,15H2,(H,17,19). The van der Waals surface area contributed by atoms with Crippen molar-refractivity contribution in [1.82, 2.24) is 15.3 Å². The number of nitrogens with two attached hydrogens (primary N) is 1. The van der Waals surface area contributed by atoms with E-state index < -0.39 is 11.7 Å². The zero-order chi connectivity index (χ0) is 14.5. The Bertz CT molecular complexity index is 619. The summed E-state index contributed by atoms with van der Waals surface area (Å²) in [6.07, 6.45) is 2.02. The number of pyridine rings is 1. The van der Waals surface area contributed by atoms with Crippen molar-refractivity contribution < 1.29 is 9.18 Å². The topological polar surface area (TPSA) is 80.9 Å². The van der Waals surface area contributed by atoms with E-state index in [1.807, 2.05) is 0 Å². The first kappa shape index (κ1) is 14.8. The molecular formula is C12H12ClFN4OS. The lowest BCUT2D eigenvalue weighted by Crippen LogP contribution is -2.24. The lowest BCUT2D eigenvalue weighted by molar-refractivity contribution is 0.0945. The van der Waals surface area contributed by atoms with E-state index >= 15 is 0 Å². The van der Waals surface area contributed by atoms with Gasteiger partial charge in [0.15, 0.2) is 5.69 Å². The first-order chi connectivity index (χ1) is 9.61. The van der Waals surface area contributed by atoms with Crippen molar-refractivity contribution in [3.63, 3.8) is 0 Å². The molecule has 0 saturated carbocycles. The van der Waals surface area contributed by atoms with Gasteiger partial charge in [0.05, 0.1) is 17.2 Å². The van der Waals surface area contributed by atoms with Crippen molar-refractivity contribution in [2.24, 2.45) is 5.73 Å². The number of thiazole rings is 1. The van der Waals surface area contributed by atoms with Gasteiger partial charge in [-0.2, -0.15) is 0 Å². The molecule has 106 valence electrons. The minimum absolute atomic E-state index is 0.0222. The fourth-order valence-corrected chi connectivity index (χ4v) is 2.70. The summed E-state index contributed by atoms with van der Waals surface area (Å²) >= 11 is 7.17. The van der Waals surface area contributed by atoms with Crippen LogP contribution in [0.1, 0.15) is 21.2 Å². The molecule has 0 aromatic carbocycles. The lowest BCUT2D eigenvalue weighted by atomic mass is 10.3. The highest BCUT2D eigenvalue weighted by Crippen LogP contribution is 2.24. The Labute approximate surface area is 124 Å². The second kappa shape index (κ2) is 6.74. The Morgan fingerprint density at radius 2 is 2.35 bits per heavy atom. The van der Waals surface area contributed by atoms with E-state index in [0.29, 0.717) is 22.3 Å². The number of hydrogen-bond acceptors (Lipinski definition) is 5. The maximum Gasteiger partial charge on any atom is 0.272 e. The molecule has 20 heavy (non-hydrogen) atoms. The van der Waals surface area contributed by atoms with Crippen LogP contribution in [-0.2, 0) is 13.0 Å². The van der Waals surface area contributed by atoms with Crippen LogP contribution < -0.4 is 11.1 Å². The molecule has 0 fully saturated rings. The molecule has 0 atom stereocenters. The molecule has 0 saturated heterocycles. The van der Waals surface area contributed by atoms with Gasteiger partial charge in [-0.25, -0.2) is 9.37 Å². The summed E-state index contributed by atoms with van der Waals surface area (Å²) in [5.41, 5.74) is 5.72. The highest BCUT2D eigenvalue weighted by Gasteiger charge is 2.17. The largest absolute Gasteiger partial charge is 0.345 e. The van der Waals surface area contributed by atoms with Crippen LogP contribution in [0.2, 0.25) is 4.34 Å². The summed E-state index contributed by atoms with van der Waals surface area (Å²) in [7, 11) is 0. The summed E-state index contributed by atoms with van der Waals surface area (Å²) in [6, 6.07) is 2.76. The predicted octanol–water partition coefficient (Wildman–Crippen LogP) is 1.76. The molecule has 2 aromatic heterocycles. The number of carbonyl (C=O) groups excluding carboxylic acids is 1. The Morgan fingerprint density at radius 1 is 1.55 bits per heavy atom. The third-order valence-electron chi connectivity index (χ3n) is 2.45. The number of carbonyl (C=O) groups is 1. The second-order valence-corrected chi connectivity index (χ2v) is 5.57. The van der Waals surface area contributed by atoms with E-state index in [9.17, 15) is 9.18 Å². The third-order valence-corrected chi connectivity index (χ3v) is 3.77. The summed E-state index contributed by atoms with van der Waals surface area (Å²) in [6.45, 7) is 0.412. The number of halogens is 2. The Morgan fingerprint density at radius 3 is 3.05 bits per heavy atom. The Hall–Kier alpha value is -1.57. The normalized spacial score (nSPS) is 10.6. The van der Waals surface area contributed by atoms with Crippen LogP contribution in [0.25, 0.3) is 0 Å². The van der Waals surface area contributed by atoms with Crippen molar-refractivity contribution in [3.05, 3.63) is 44.9 Å². The van der Waals surface area contributed by atoms with Gasteiger partial charge in [-0.3, -0.25) is 9.78 Å². The lowest BCUT2D eigenvalue weighted by Gasteiger charge is -2.03. The van der Waals surface area contributed by atoms with Crippen molar-refractivity contribution in [1.29, 1.82) is 0 Å². The first-order valence-corrected chi connectivity index (χ1v) is 7.04. The second-order valence-electron chi connectivity index (χ2n) is 3.88. The number of amides is 1. The van der Waals surface area contributed by atoms with Crippen LogP contribution in [0.4, 0.5) is 4.39 Å². The van der Waals surface area contributed by atoms with Gasteiger partial charge in [-0.05, 0) is 18.7 Å². The van der Waals surface area contributed by atoms with Crippen LogP contribution in [0, 0.1) is 5.82 Å². The molecule has 0 spiro atoms. The Kier molecular flexibility index (Phi) is 4.99. The fraction of sp³-hybridized carbons (Fsp3) is 0.250. The molecule has 1 amide bonds. The molecule has 0 aliphatic rings. The highest BCUT2D eigenvalue weighted by atomic mass is 35.5. The smallest absolute Gasteiger partial charge is 0.272 e. The van der Waals surface area contributed by atoms with E-state index in [1.54, 1.807) is 0 Å². The number of hydrogen-bond donors (Lipinski definition) is 2. The number of nitrogens with one attached hydrogen (secondary N) is 1. The van der Waals surface area contributed by atoms with Gasteiger partial charge in [0.25, 0.3) is 5.91 Å². The Balaban J connectivity index is 2.03. The SMILES string of the molecule is NCCc1nc(C(=O)NCc2ncccc2F)c(Cl)s1. The van der Waals surface area contributed by atoms with Crippen LogP contribution >= 0.6 is 22.9 Å². The van der Waals surface area contributed by atoms with Crippen molar-refractivity contribution in [2.75, 3.05) is 6.54 Å². The molecule has 0 aliphatic heterocycles. The summed E-state index contributed by atoms with van der Waals surface area (Å²) in [5, 5.41) is 3.24. The average molecular weight is 315 g/mol. The molecule has 0 aliphatic carbocycles. The van der Waals surface area contributed by atoms with Gasteiger partial charge in [0.2, 0.25) is 0 Å². The number of aromatic nitrogens is 2. The fourth-order valence-electron chi connectivity index (χ4n) is 1.51. The molecule has 0 bridgehead atoms. The van der Waals surface area contributed by atoms with Gasteiger partial charge >= 0.3 is 0 Å². The maximum atomic E-state index is 13.4. The summed E-state index contributed by atoms with van der Waals surface area (Å²) < 4.78 is 13.7. The predicted molar refractivity (Wildman–Crippen MR) is 75.2 cm³/mol. The zero-order valence-electron chi connectivity index (χ0n) is 10.4. The van der Waals surface area contributed by atoms with Gasteiger partial charge in [-0.15, -0.1) is 11.3 Å². The van der Waals surface area contributed by atoms with E-state index in [4.69, 9.17) is 17.3 Å². The van der Waals surface area contributed by atoms with E-state index in [0.717, 1.165) is 0 Å². The van der Waals surface area contributed by atoms with Crippen molar-refractivity contribution in [3.8, 4) is 0 Å². The maximum absolute atomic E-state index is 13.4. The molecule has 2 rings (SSSR count). The zero-order valence-corrected chi connectivity index (χ0v) is 12.0. The summed E-state index contributed by atoms with van der Waals surface area (Å²) in [4.78, 5) is 19.9. The van der Waals surface area contributed by atoms with Gasteiger partial charge in [-0.1, -0.05) is 11.6 Å². The van der Waals surface area contributed by atoms with E-state index in [1.165, 1.54) is 29.7 Å². The molecule has 2 aromatic rings. The van der Waals surface area contributed by atoms with E-state index in [2.05, 4.69) is 15.3 Å². The number of rotatable bonds is 5. The first-order valence-electron chi connectivity index (χ1n) is 5.84. The van der Waals surface area contributed by atoms with Crippen LogP contribution in [-0.4, -0.2) is 22.4 Å². The minimum Gasteiger partial charge on any atom is -0.345 e. The average Bonchev–Trinajstić information content (AvgIpc) is 2.79. The molecular weight excluding hydrogens is 303 g/mol. The molecule has 2 heterocycles. The molecule has 8 heteroatoms. The molecule has 0 unspecified atom stereocenters. The monoisotopic (exact) mass is 314 g/mol. The van der Waals surface area contributed by atoms with Crippen LogP contribution in [0.15, 0.2) is 18.3 Å². The molecule has 0 radical (unpaired) electrons. The van der Waals surface area contributed by atoms with Crippen LogP contribution in [0.5, 0.6) is 0 Å². The van der Waals surface area contributed by atoms with Crippen molar-refractivity contribution in [2.45, 2.75) is 13.0 Å². The van der Waals surface area contributed by atoms with Gasteiger partial charge in [0.1, 0.15) is 10.2 Å². The quantitative estimate of drug-likeness (QED) is 0.881.